The molecule has 0 heterocycles. The predicted octanol–water partition coefficient (Wildman–Crippen LogP) is 2.14. The molecule has 0 aliphatic rings. The van der Waals surface area contributed by atoms with Crippen molar-refractivity contribution in [2.45, 2.75) is 6.54 Å². The van der Waals surface area contributed by atoms with Crippen molar-refractivity contribution in [1.82, 2.24) is 0 Å². The number of rotatable bonds is 3. The van der Waals surface area contributed by atoms with E-state index in [4.69, 9.17) is 4.74 Å². The Labute approximate surface area is 93.5 Å². The van der Waals surface area contributed by atoms with Crippen LogP contribution in [-0.2, 0) is 11.3 Å². The first-order chi connectivity index (χ1) is 7.11. The lowest BCUT2D eigenvalue weighted by molar-refractivity contribution is 0.366. The number of aromatic hydroxyl groups is 1. The van der Waals surface area contributed by atoms with E-state index in [1.54, 1.807) is 0 Å². The Balaban J connectivity index is 3.32. The summed E-state index contributed by atoms with van der Waals surface area (Å²) in [6, 6.07) is 1.29. The van der Waals surface area contributed by atoms with E-state index in [-0.39, 0.29) is 28.1 Å². The maximum Gasteiger partial charge on any atom is 0.235 e. The number of ether oxygens (including phenoxy) is 1. The number of phenols is 1. The first-order valence-corrected chi connectivity index (χ1v) is 4.68. The molecule has 0 aliphatic heterocycles. The van der Waals surface area contributed by atoms with Crippen molar-refractivity contribution in [1.29, 1.82) is 0 Å². The molecule has 0 aliphatic carbocycles. The molecule has 0 fully saturated rings. The molecule has 0 aromatic heterocycles. The van der Waals surface area contributed by atoms with Crippen LogP contribution in [0.25, 0.3) is 0 Å². The van der Waals surface area contributed by atoms with Crippen LogP contribution in [0.1, 0.15) is 5.56 Å². The molecule has 0 saturated heterocycles. The summed E-state index contributed by atoms with van der Waals surface area (Å²) in [5, 5.41) is 9.55. The summed E-state index contributed by atoms with van der Waals surface area (Å²) in [5.74, 6) is -0.927. The number of hydrogen-bond donors (Lipinski definition) is 1. The normalized spacial score (nSPS) is 9.53. The van der Waals surface area contributed by atoms with E-state index in [9.17, 15) is 14.3 Å². The van der Waals surface area contributed by atoms with E-state index in [1.165, 1.54) is 19.3 Å². The highest BCUT2D eigenvalue weighted by molar-refractivity contribution is 9.10. The molecule has 1 rings (SSSR count). The van der Waals surface area contributed by atoms with Gasteiger partial charge in [0.15, 0.2) is 11.5 Å². The Morgan fingerprint density at radius 1 is 1.73 bits per heavy atom. The summed E-state index contributed by atoms with van der Waals surface area (Å²) in [5.41, 5.74) is -0.107. The van der Waals surface area contributed by atoms with Crippen LogP contribution in [0.5, 0.6) is 11.5 Å². The van der Waals surface area contributed by atoms with E-state index in [0.717, 1.165) is 0 Å². The fraction of sp³-hybridized carbons (Fsp3) is 0.222. The van der Waals surface area contributed by atoms with E-state index in [2.05, 4.69) is 20.9 Å². The van der Waals surface area contributed by atoms with Crippen molar-refractivity contribution in [2.24, 2.45) is 4.99 Å². The van der Waals surface area contributed by atoms with Gasteiger partial charge in [0.25, 0.3) is 0 Å². The second-order valence-corrected chi connectivity index (χ2v) is 3.46. The van der Waals surface area contributed by atoms with Gasteiger partial charge in [0, 0.05) is 6.07 Å². The molecule has 0 radical (unpaired) electrons. The third-order valence-electron chi connectivity index (χ3n) is 1.77. The first-order valence-electron chi connectivity index (χ1n) is 3.89. The number of benzene rings is 1. The highest BCUT2D eigenvalue weighted by Gasteiger charge is 2.16. The van der Waals surface area contributed by atoms with Crippen molar-refractivity contribution < 1.29 is 19.0 Å². The van der Waals surface area contributed by atoms with Gasteiger partial charge in [-0.1, -0.05) is 0 Å². The van der Waals surface area contributed by atoms with Crippen LogP contribution in [-0.4, -0.2) is 18.3 Å². The molecule has 0 saturated carbocycles. The summed E-state index contributed by atoms with van der Waals surface area (Å²) < 4.78 is 18.4. The number of methoxy groups -OCH3 is 1. The van der Waals surface area contributed by atoms with E-state index >= 15 is 0 Å². The van der Waals surface area contributed by atoms with Crippen molar-refractivity contribution in [3.05, 3.63) is 21.9 Å². The largest absolute Gasteiger partial charge is 0.504 e. The third-order valence-corrected chi connectivity index (χ3v) is 2.35. The highest BCUT2D eigenvalue weighted by atomic mass is 79.9. The molecule has 15 heavy (non-hydrogen) atoms. The lowest BCUT2D eigenvalue weighted by Crippen LogP contribution is -1.94. The van der Waals surface area contributed by atoms with Gasteiger partial charge in [-0.2, -0.15) is 0 Å². The maximum absolute atomic E-state index is 13.4. The molecule has 1 aromatic rings. The Kier molecular flexibility index (Phi) is 3.82. The Hall–Kier alpha value is -1.39. The molecule has 80 valence electrons. The number of hydrogen-bond acceptors (Lipinski definition) is 4. The zero-order valence-electron chi connectivity index (χ0n) is 7.75. The van der Waals surface area contributed by atoms with Gasteiger partial charge in [-0.05, 0) is 15.9 Å². The minimum atomic E-state index is -0.674. The first kappa shape index (κ1) is 11.7. The molecule has 0 unspecified atom stereocenters. The van der Waals surface area contributed by atoms with Gasteiger partial charge in [0.05, 0.1) is 23.7 Å². The van der Waals surface area contributed by atoms with Crippen molar-refractivity contribution in [2.75, 3.05) is 7.11 Å². The molecule has 4 nitrogen and oxygen atoms in total. The molecule has 0 spiro atoms. The number of nitrogens with zero attached hydrogens (tertiary/aromatic N) is 1. The summed E-state index contributed by atoms with van der Waals surface area (Å²) in [4.78, 5) is 13.1. The molecule has 0 bridgehead atoms. The lowest BCUT2D eigenvalue weighted by atomic mass is 10.1. The Morgan fingerprint density at radius 2 is 2.40 bits per heavy atom. The molecule has 1 N–H and O–H groups in total. The summed E-state index contributed by atoms with van der Waals surface area (Å²) >= 11 is 2.96. The minimum absolute atomic E-state index is 0.107. The van der Waals surface area contributed by atoms with Gasteiger partial charge < -0.3 is 9.84 Å². The van der Waals surface area contributed by atoms with Crippen LogP contribution in [0.3, 0.4) is 0 Å². The van der Waals surface area contributed by atoms with Gasteiger partial charge in [-0.15, -0.1) is 0 Å². The molecular weight excluding hydrogens is 269 g/mol. The van der Waals surface area contributed by atoms with Gasteiger partial charge in [-0.25, -0.2) is 14.2 Å². The number of halogens is 2. The molecule has 6 heteroatoms. The zero-order chi connectivity index (χ0) is 11.4. The van der Waals surface area contributed by atoms with Crippen LogP contribution >= 0.6 is 15.9 Å². The van der Waals surface area contributed by atoms with Crippen molar-refractivity contribution in [3.8, 4) is 11.5 Å². The van der Waals surface area contributed by atoms with Crippen molar-refractivity contribution >= 4 is 22.0 Å². The fourth-order valence-electron chi connectivity index (χ4n) is 1.05. The number of aliphatic imine (C=N–C) groups is 1. The van der Waals surface area contributed by atoms with Crippen molar-refractivity contribution in [3.63, 3.8) is 0 Å². The molecule has 1 aromatic carbocycles. The average Bonchev–Trinajstić information content (AvgIpc) is 2.23. The van der Waals surface area contributed by atoms with Crippen LogP contribution < -0.4 is 4.74 Å². The summed E-state index contributed by atoms with van der Waals surface area (Å²) in [7, 11) is 1.34. The third kappa shape index (κ3) is 2.34. The topological polar surface area (TPSA) is 58.9 Å². The molecular formula is C9H7BrFNO3. The minimum Gasteiger partial charge on any atom is -0.504 e. The van der Waals surface area contributed by atoms with E-state index in [1.807, 2.05) is 0 Å². The second-order valence-electron chi connectivity index (χ2n) is 2.61. The van der Waals surface area contributed by atoms with Crippen LogP contribution in [0.15, 0.2) is 15.5 Å². The summed E-state index contributed by atoms with van der Waals surface area (Å²) in [6.45, 7) is -0.281. The number of isocyanates is 1. The van der Waals surface area contributed by atoms with Gasteiger partial charge in [-0.3, -0.25) is 0 Å². The van der Waals surface area contributed by atoms with Crippen LogP contribution in [0.2, 0.25) is 0 Å². The fourth-order valence-corrected chi connectivity index (χ4v) is 1.50. The smallest absolute Gasteiger partial charge is 0.235 e. The van der Waals surface area contributed by atoms with Gasteiger partial charge >= 0.3 is 0 Å². The molecule has 0 atom stereocenters. The number of carbonyl (C=O) groups excluding carboxylic acids is 1. The van der Waals surface area contributed by atoms with E-state index < -0.39 is 5.82 Å². The van der Waals surface area contributed by atoms with E-state index in [0.29, 0.717) is 0 Å². The number of phenolic OH excluding ortho intramolecular Hbond substituents is 1. The highest BCUT2D eigenvalue weighted by Crippen LogP contribution is 2.36. The summed E-state index contributed by atoms with van der Waals surface area (Å²) in [6.07, 6.45) is 1.27. The van der Waals surface area contributed by atoms with Gasteiger partial charge in [0.1, 0.15) is 5.82 Å². The zero-order valence-corrected chi connectivity index (χ0v) is 9.34. The standard InChI is InChI=1S/C9H7BrFNO3/c1-15-7-2-6(10)8(11)5(9(7)14)3-12-4-13/h2,14H,3H2,1H3. The second kappa shape index (κ2) is 4.91. The average molecular weight is 276 g/mol. The quantitative estimate of drug-likeness (QED) is 0.679. The van der Waals surface area contributed by atoms with Crippen LogP contribution in [0, 0.1) is 5.82 Å². The predicted molar refractivity (Wildman–Crippen MR) is 54.1 cm³/mol. The monoisotopic (exact) mass is 275 g/mol. The SMILES string of the molecule is COc1cc(Br)c(F)c(CN=C=O)c1O. The Bertz CT molecular complexity index is 430. The Morgan fingerprint density at radius 3 is 2.93 bits per heavy atom. The molecule has 0 amide bonds. The van der Waals surface area contributed by atoms with Crippen LogP contribution in [0.4, 0.5) is 4.39 Å². The lowest BCUT2D eigenvalue weighted by Gasteiger charge is -2.09. The van der Waals surface area contributed by atoms with Gasteiger partial charge in [0.2, 0.25) is 6.08 Å². The maximum atomic E-state index is 13.4.